The maximum atomic E-state index is 6.26. The highest BCUT2D eigenvalue weighted by Gasteiger charge is 2.30. The van der Waals surface area contributed by atoms with Crippen molar-refractivity contribution in [3.8, 4) is 0 Å². The Morgan fingerprint density at radius 1 is 1.39 bits per heavy atom. The highest BCUT2D eigenvalue weighted by Crippen LogP contribution is 2.39. The Balaban J connectivity index is 2.20. The van der Waals surface area contributed by atoms with Gasteiger partial charge in [0, 0.05) is 23.7 Å². The lowest BCUT2D eigenvalue weighted by Crippen LogP contribution is -2.49. The number of thiophene rings is 1. The molecule has 0 aliphatic carbocycles. The zero-order chi connectivity index (χ0) is 13.3. The van der Waals surface area contributed by atoms with E-state index in [2.05, 4.69) is 18.7 Å². The van der Waals surface area contributed by atoms with Gasteiger partial charge in [0.25, 0.3) is 0 Å². The molecule has 3 unspecified atom stereocenters. The minimum atomic E-state index is 0.195. The van der Waals surface area contributed by atoms with Gasteiger partial charge >= 0.3 is 0 Å². The summed E-state index contributed by atoms with van der Waals surface area (Å²) in [6, 6.07) is 2.92. The number of halogens is 2. The Hall–Kier alpha value is 0.200. The molecule has 1 aliphatic heterocycles. The second-order valence-electron chi connectivity index (χ2n) is 5.12. The largest absolute Gasteiger partial charge is 0.327 e. The molecule has 2 heterocycles. The number of hydrogen-bond donors (Lipinski definition) is 1. The number of hydrogen-bond acceptors (Lipinski definition) is 3. The first-order chi connectivity index (χ1) is 8.50. The molecule has 18 heavy (non-hydrogen) atoms. The maximum Gasteiger partial charge on any atom is 0.0991 e. The first-order valence-corrected chi connectivity index (χ1v) is 8.04. The zero-order valence-corrected chi connectivity index (χ0v) is 13.2. The Morgan fingerprint density at radius 2 is 2.11 bits per heavy atom. The molecule has 0 amide bonds. The summed E-state index contributed by atoms with van der Waals surface area (Å²) in [4.78, 5) is 2.48. The lowest BCUT2D eigenvalue weighted by atomic mass is 9.94. The Morgan fingerprint density at radius 3 is 2.67 bits per heavy atom. The number of piperidine rings is 1. The van der Waals surface area contributed by atoms with Crippen molar-refractivity contribution in [2.75, 3.05) is 6.54 Å². The number of likely N-dealkylation sites (tertiary alicyclic amines) is 1. The van der Waals surface area contributed by atoms with E-state index in [9.17, 15) is 0 Å². The summed E-state index contributed by atoms with van der Waals surface area (Å²) in [5.74, 6) is 0. The molecule has 1 aliphatic rings. The lowest BCUT2D eigenvalue weighted by molar-refractivity contribution is 0.0892. The summed E-state index contributed by atoms with van der Waals surface area (Å²) in [7, 11) is 0. The molecule has 0 saturated carbocycles. The van der Waals surface area contributed by atoms with Crippen LogP contribution in [0.25, 0.3) is 0 Å². The van der Waals surface area contributed by atoms with E-state index in [1.807, 2.05) is 6.07 Å². The van der Waals surface area contributed by atoms with Crippen molar-refractivity contribution in [2.45, 2.75) is 51.2 Å². The SMILES string of the molecule is CC(N)C1CCCCN1C(C)c1cc(Cl)sc1Cl. The van der Waals surface area contributed by atoms with Gasteiger partial charge in [0.1, 0.15) is 0 Å². The molecule has 2 nitrogen and oxygen atoms in total. The Kier molecular flexibility index (Phi) is 4.95. The van der Waals surface area contributed by atoms with E-state index in [0.717, 1.165) is 20.8 Å². The molecular weight excluding hydrogens is 287 g/mol. The van der Waals surface area contributed by atoms with Crippen LogP contribution in [-0.4, -0.2) is 23.5 Å². The number of nitrogens with zero attached hydrogens (tertiary/aromatic N) is 1. The normalized spacial score (nSPS) is 25.1. The summed E-state index contributed by atoms with van der Waals surface area (Å²) in [5.41, 5.74) is 7.26. The third-order valence-corrected chi connectivity index (χ3v) is 5.35. The zero-order valence-electron chi connectivity index (χ0n) is 10.8. The predicted molar refractivity (Wildman–Crippen MR) is 80.7 cm³/mol. The van der Waals surface area contributed by atoms with Gasteiger partial charge in [-0.3, -0.25) is 4.90 Å². The van der Waals surface area contributed by atoms with Crippen molar-refractivity contribution < 1.29 is 0 Å². The molecule has 102 valence electrons. The van der Waals surface area contributed by atoms with Gasteiger partial charge in [-0.2, -0.15) is 0 Å². The highest BCUT2D eigenvalue weighted by atomic mass is 35.5. The van der Waals surface area contributed by atoms with Crippen LogP contribution in [0.4, 0.5) is 0 Å². The smallest absolute Gasteiger partial charge is 0.0991 e. The van der Waals surface area contributed by atoms with Gasteiger partial charge in [-0.25, -0.2) is 0 Å². The minimum absolute atomic E-state index is 0.195. The molecule has 0 aromatic carbocycles. The van der Waals surface area contributed by atoms with Crippen molar-refractivity contribution in [1.29, 1.82) is 0 Å². The van der Waals surface area contributed by atoms with Gasteiger partial charge in [0.15, 0.2) is 0 Å². The predicted octanol–water partition coefficient (Wildman–Crippen LogP) is 4.32. The number of rotatable bonds is 3. The summed E-state index contributed by atoms with van der Waals surface area (Å²) >= 11 is 13.7. The van der Waals surface area contributed by atoms with Crippen LogP contribution in [0.5, 0.6) is 0 Å². The fourth-order valence-corrected chi connectivity index (χ4v) is 4.48. The third-order valence-electron chi connectivity index (χ3n) is 3.83. The summed E-state index contributed by atoms with van der Waals surface area (Å²) in [6.45, 7) is 5.39. The van der Waals surface area contributed by atoms with Crippen LogP contribution in [0.2, 0.25) is 8.67 Å². The van der Waals surface area contributed by atoms with E-state index < -0.39 is 0 Å². The first-order valence-electron chi connectivity index (χ1n) is 6.46. The average Bonchev–Trinajstić information content (AvgIpc) is 2.67. The van der Waals surface area contributed by atoms with Gasteiger partial charge in [0.05, 0.1) is 8.67 Å². The van der Waals surface area contributed by atoms with Gasteiger partial charge in [-0.1, -0.05) is 29.6 Å². The van der Waals surface area contributed by atoms with Crippen LogP contribution >= 0.6 is 34.5 Å². The topological polar surface area (TPSA) is 29.3 Å². The molecule has 2 N–H and O–H groups in total. The quantitative estimate of drug-likeness (QED) is 0.901. The van der Waals surface area contributed by atoms with E-state index >= 15 is 0 Å². The van der Waals surface area contributed by atoms with Crippen LogP contribution in [0.3, 0.4) is 0 Å². The third kappa shape index (κ3) is 3.02. The van der Waals surface area contributed by atoms with E-state index in [1.165, 1.54) is 30.6 Å². The van der Waals surface area contributed by atoms with Crippen molar-refractivity contribution >= 4 is 34.5 Å². The van der Waals surface area contributed by atoms with Crippen LogP contribution in [0.1, 0.15) is 44.7 Å². The van der Waals surface area contributed by atoms with Gasteiger partial charge < -0.3 is 5.73 Å². The highest BCUT2D eigenvalue weighted by molar-refractivity contribution is 7.20. The summed E-state index contributed by atoms with van der Waals surface area (Å²) in [5, 5.41) is 0. The summed E-state index contributed by atoms with van der Waals surface area (Å²) in [6.07, 6.45) is 3.69. The molecule has 1 fully saturated rings. The monoisotopic (exact) mass is 306 g/mol. The van der Waals surface area contributed by atoms with Gasteiger partial charge in [0.2, 0.25) is 0 Å². The molecule has 1 aromatic heterocycles. The Bertz CT molecular complexity index is 406. The van der Waals surface area contributed by atoms with Crippen molar-refractivity contribution in [2.24, 2.45) is 5.73 Å². The molecule has 0 radical (unpaired) electrons. The van der Waals surface area contributed by atoms with Crippen LogP contribution < -0.4 is 5.73 Å². The fraction of sp³-hybridized carbons (Fsp3) is 0.692. The molecule has 1 aromatic rings. The van der Waals surface area contributed by atoms with E-state index in [-0.39, 0.29) is 12.1 Å². The summed E-state index contributed by atoms with van der Waals surface area (Å²) < 4.78 is 1.57. The molecular formula is C13H20Cl2N2S. The van der Waals surface area contributed by atoms with Crippen molar-refractivity contribution in [3.05, 3.63) is 20.3 Å². The maximum absolute atomic E-state index is 6.26. The molecule has 0 spiro atoms. The minimum Gasteiger partial charge on any atom is -0.327 e. The van der Waals surface area contributed by atoms with Crippen LogP contribution in [0, 0.1) is 0 Å². The van der Waals surface area contributed by atoms with E-state index in [1.54, 1.807) is 0 Å². The fourth-order valence-electron chi connectivity index (χ4n) is 2.84. The first kappa shape index (κ1) is 14.6. The van der Waals surface area contributed by atoms with Crippen molar-refractivity contribution in [3.63, 3.8) is 0 Å². The van der Waals surface area contributed by atoms with Crippen LogP contribution in [-0.2, 0) is 0 Å². The van der Waals surface area contributed by atoms with Gasteiger partial charge in [-0.15, -0.1) is 11.3 Å². The van der Waals surface area contributed by atoms with E-state index in [0.29, 0.717) is 6.04 Å². The van der Waals surface area contributed by atoms with Crippen LogP contribution in [0.15, 0.2) is 6.07 Å². The molecule has 0 bridgehead atoms. The van der Waals surface area contributed by atoms with Crippen molar-refractivity contribution in [1.82, 2.24) is 4.90 Å². The second-order valence-corrected chi connectivity index (χ2v) is 7.40. The average molecular weight is 307 g/mol. The molecule has 1 saturated heterocycles. The second kappa shape index (κ2) is 6.10. The standard InChI is InChI=1S/C13H20Cl2N2S/c1-8(16)11-5-3-4-6-17(11)9(2)10-7-12(14)18-13(10)15/h7-9,11H,3-6,16H2,1-2H3. The molecule has 3 atom stereocenters. The van der Waals surface area contributed by atoms with Gasteiger partial charge in [-0.05, 0) is 39.3 Å². The number of nitrogens with two attached hydrogens (primary N) is 1. The Labute approximate surface area is 123 Å². The molecule has 5 heteroatoms. The lowest BCUT2D eigenvalue weighted by Gasteiger charge is -2.41. The van der Waals surface area contributed by atoms with E-state index in [4.69, 9.17) is 28.9 Å². The molecule has 2 rings (SSSR count).